The zero-order chi connectivity index (χ0) is 18.2. The highest BCUT2D eigenvalue weighted by atomic mass is 19.4. The van der Waals surface area contributed by atoms with E-state index >= 15 is 0 Å². The lowest BCUT2D eigenvalue weighted by Gasteiger charge is -2.32. The molecule has 1 aliphatic rings. The van der Waals surface area contributed by atoms with Gasteiger partial charge in [-0.05, 0) is 18.9 Å². The van der Waals surface area contributed by atoms with E-state index in [9.17, 15) is 22.8 Å². The van der Waals surface area contributed by atoms with Gasteiger partial charge in [-0.2, -0.15) is 13.2 Å². The topological polar surface area (TPSA) is 71.0 Å². The van der Waals surface area contributed by atoms with E-state index in [1.807, 2.05) is 0 Å². The molecule has 2 aromatic rings. The molecule has 1 fully saturated rings. The van der Waals surface area contributed by atoms with Crippen molar-refractivity contribution in [3.05, 3.63) is 52.0 Å². The molecule has 0 radical (unpaired) electrons. The van der Waals surface area contributed by atoms with Crippen LogP contribution in [0, 0.1) is 0 Å². The van der Waals surface area contributed by atoms with E-state index in [1.54, 1.807) is 4.90 Å². The van der Waals surface area contributed by atoms with Gasteiger partial charge in [-0.1, -0.05) is 6.07 Å². The van der Waals surface area contributed by atoms with Crippen molar-refractivity contribution in [2.45, 2.75) is 24.9 Å². The van der Waals surface area contributed by atoms with Crippen molar-refractivity contribution < 1.29 is 18.0 Å². The smallest absolute Gasteiger partial charge is 0.337 e. The van der Waals surface area contributed by atoms with Crippen LogP contribution >= 0.6 is 0 Å². The van der Waals surface area contributed by atoms with Crippen LogP contribution in [0.1, 0.15) is 40.8 Å². The van der Waals surface area contributed by atoms with Crippen molar-refractivity contribution in [1.29, 1.82) is 0 Å². The van der Waals surface area contributed by atoms with Gasteiger partial charge >= 0.3 is 6.18 Å². The highest BCUT2D eigenvalue weighted by molar-refractivity contribution is 5.92. The molecule has 1 N–H and O–H groups in total. The zero-order valence-electron chi connectivity index (χ0n) is 13.5. The number of aromatic amines is 1. The fourth-order valence-corrected chi connectivity index (χ4v) is 3.11. The maximum Gasteiger partial charge on any atom is 0.434 e. The third-order valence-electron chi connectivity index (χ3n) is 4.28. The minimum absolute atomic E-state index is 0.170. The Morgan fingerprint density at radius 1 is 1.36 bits per heavy atom. The van der Waals surface area contributed by atoms with Crippen LogP contribution in [0.15, 0.2) is 29.2 Å². The maximum atomic E-state index is 12.8. The first-order chi connectivity index (χ1) is 11.8. The van der Waals surface area contributed by atoms with Crippen molar-refractivity contribution >= 4 is 5.91 Å². The number of alkyl halides is 3. The Morgan fingerprint density at radius 2 is 2.12 bits per heavy atom. The second-order valence-electron chi connectivity index (χ2n) is 6.11. The van der Waals surface area contributed by atoms with Gasteiger partial charge in [0.25, 0.3) is 5.91 Å². The number of amides is 1. The fraction of sp³-hybridized carbons (Fsp3) is 0.438. The summed E-state index contributed by atoms with van der Waals surface area (Å²) in [6.07, 6.45) is -2.23. The lowest BCUT2D eigenvalue weighted by Crippen LogP contribution is -2.40. The number of pyridine rings is 1. The van der Waals surface area contributed by atoms with Gasteiger partial charge in [-0.3, -0.25) is 9.59 Å². The Balaban J connectivity index is 1.81. The normalized spacial score (nSPS) is 18.4. The summed E-state index contributed by atoms with van der Waals surface area (Å²) >= 11 is 0. The monoisotopic (exact) mass is 354 g/mol. The summed E-state index contributed by atoms with van der Waals surface area (Å²) in [6, 6.07) is 4.31. The van der Waals surface area contributed by atoms with Crippen molar-refractivity contribution in [3.8, 4) is 0 Å². The number of hydrogen-bond acceptors (Lipinski definition) is 3. The number of hydrogen-bond donors (Lipinski definition) is 1. The molecule has 1 aliphatic heterocycles. The molecule has 0 bridgehead atoms. The molecular formula is C16H17F3N4O2. The number of H-pyrrole nitrogens is 1. The summed E-state index contributed by atoms with van der Waals surface area (Å²) in [4.78, 5) is 31.6. The molecule has 3 rings (SSSR count). The second-order valence-corrected chi connectivity index (χ2v) is 6.11. The molecule has 0 spiro atoms. The average Bonchev–Trinajstić information content (AvgIpc) is 2.96. The van der Waals surface area contributed by atoms with E-state index in [-0.39, 0.29) is 29.6 Å². The predicted octanol–water partition coefficient (Wildman–Crippen LogP) is 2.15. The molecule has 1 saturated heterocycles. The van der Waals surface area contributed by atoms with Crippen LogP contribution < -0.4 is 5.56 Å². The number of imidazole rings is 1. The average molecular weight is 354 g/mol. The molecule has 0 saturated carbocycles. The number of aryl methyl sites for hydroxylation is 1. The van der Waals surface area contributed by atoms with Crippen LogP contribution in [0.3, 0.4) is 0 Å². The minimum atomic E-state index is -4.50. The quantitative estimate of drug-likeness (QED) is 0.898. The number of halogens is 3. The van der Waals surface area contributed by atoms with E-state index in [2.05, 4.69) is 9.97 Å². The number of nitrogens with zero attached hydrogens (tertiary/aromatic N) is 3. The van der Waals surface area contributed by atoms with Gasteiger partial charge in [0.2, 0.25) is 5.56 Å². The second kappa shape index (κ2) is 6.38. The largest absolute Gasteiger partial charge is 0.434 e. The summed E-state index contributed by atoms with van der Waals surface area (Å²) in [6.45, 7) is 0.751. The van der Waals surface area contributed by atoms with E-state index in [0.29, 0.717) is 25.2 Å². The maximum absolute atomic E-state index is 12.8. The molecule has 1 atom stereocenters. The number of carbonyl (C=O) groups excluding carboxylic acids is 1. The lowest BCUT2D eigenvalue weighted by molar-refractivity contribution is -0.141. The summed E-state index contributed by atoms with van der Waals surface area (Å²) in [5, 5.41) is 0. The SMILES string of the molecule is Cn1cc(C(F)(F)F)nc1[C@H]1CCCN(C(=O)c2cccc(=O)[nH]2)C1. The third-order valence-corrected chi connectivity index (χ3v) is 4.28. The van der Waals surface area contributed by atoms with Crippen LogP contribution in [0.2, 0.25) is 0 Å². The Kier molecular flexibility index (Phi) is 4.40. The van der Waals surface area contributed by atoms with Gasteiger partial charge in [0.1, 0.15) is 11.5 Å². The van der Waals surface area contributed by atoms with Crippen LogP contribution in [0.5, 0.6) is 0 Å². The van der Waals surface area contributed by atoms with Crippen molar-refractivity contribution in [3.63, 3.8) is 0 Å². The van der Waals surface area contributed by atoms with Crippen molar-refractivity contribution in [2.24, 2.45) is 7.05 Å². The van der Waals surface area contributed by atoms with Gasteiger partial charge in [0.15, 0.2) is 5.69 Å². The fourth-order valence-electron chi connectivity index (χ4n) is 3.11. The first kappa shape index (κ1) is 17.2. The molecule has 9 heteroatoms. The van der Waals surface area contributed by atoms with Crippen molar-refractivity contribution in [1.82, 2.24) is 19.4 Å². The molecule has 134 valence electrons. The Labute approximate surface area is 141 Å². The van der Waals surface area contributed by atoms with Gasteiger partial charge in [-0.25, -0.2) is 4.98 Å². The number of aromatic nitrogens is 3. The van der Waals surface area contributed by atoms with Gasteiger partial charge in [0, 0.05) is 38.3 Å². The van der Waals surface area contributed by atoms with Crippen LogP contribution in [-0.2, 0) is 13.2 Å². The Morgan fingerprint density at radius 3 is 2.76 bits per heavy atom. The molecule has 2 aromatic heterocycles. The Bertz CT molecular complexity index is 840. The van der Waals surface area contributed by atoms with Crippen molar-refractivity contribution in [2.75, 3.05) is 13.1 Å². The first-order valence-corrected chi connectivity index (χ1v) is 7.85. The van der Waals surface area contributed by atoms with E-state index < -0.39 is 11.9 Å². The Hall–Kier alpha value is -2.58. The summed E-state index contributed by atoms with van der Waals surface area (Å²) < 4.78 is 39.9. The molecular weight excluding hydrogens is 337 g/mol. The highest BCUT2D eigenvalue weighted by Gasteiger charge is 2.36. The predicted molar refractivity (Wildman–Crippen MR) is 83.2 cm³/mol. The molecule has 3 heterocycles. The summed E-state index contributed by atoms with van der Waals surface area (Å²) in [5.74, 6) is -0.312. The van der Waals surface area contributed by atoms with Crippen LogP contribution in [0.25, 0.3) is 0 Å². The van der Waals surface area contributed by atoms with Gasteiger partial charge in [0.05, 0.1) is 0 Å². The van der Waals surface area contributed by atoms with E-state index in [1.165, 1.54) is 29.8 Å². The van der Waals surface area contributed by atoms with Gasteiger partial charge in [-0.15, -0.1) is 0 Å². The van der Waals surface area contributed by atoms with Gasteiger partial charge < -0.3 is 14.5 Å². The lowest BCUT2D eigenvalue weighted by atomic mass is 9.97. The van der Waals surface area contributed by atoms with Crippen LogP contribution in [0.4, 0.5) is 13.2 Å². The summed E-state index contributed by atoms with van der Waals surface area (Å²) in [7, 11) is 1.52. The third kappa shape index (κ3) is 3.59. The minimum Gasteiger partial charge on any atom is -0.337 e. The van der Waals surface area contributed by atoms with Crippen LogP contribution in [-0.4, -0.2) is 38.4 Å². The molecule has 0 unspecified atom stereocenters. The molecule has 1 amide bonds. The van der Waals surface area contributed by atoms with E-state index in [4.69, 9.17) is 0 Å². The molecule has 0 aliphatic carbocycles. The number of carbonyl (C=O) groups is 1. The van der Waals surface area contributed by atoms with E-state index in [0.717, 1.165) is 6.20 Å². The molecule has 0 aromatic carbocycles. The number of nitrogens with one attached hydrogen (secondary N) is 1. The number of piperidine rings is 1. The number of rotatable bonds is 2. The number of likely N-dealkylation sites (tertiary alicyclic amines) is 1. The first-order valence-electron chi connectivity index (χ1n) is 7.85. The standard InChI is InChI=1S/C16H17F3N4O2/c1-22-9-12(16(17,18)19)21-14(22)10-4-3-7-23(8-10)15(25)11-5-2-6-13(24)20-11/h2,5-6,9-10H,3-4,7-8H2,1H3,(H,20,24)/t10-/m0/s1. The molecule has 6 nitrogen and oxygen atoms in total. The zero-order valence-corrected chi connectivity index (χ0v) is 13.5. The summed E-state index contributed by atoms with van der Waals surface area (Å²) in [5.41, 5.74) is -1.14. The highest BCUT2D eigenvalue weighted by Crippen LogP contribution is 2.32. The molecule has 25 heavy (non-hydrogen) atoms.